The first-order chi connectivity index (χ1) is 17.6. The number of epoxide rings is 1. The zero-order valence-corrected chi connectivity index (χ0v) is 22.3. The van der Waals surface area contributed by atoms with Crippen LogP contribution in [-0.2, 0) is 14.2 Å². The van der Waals surface area contributed by atoms with E-state index in [1.165, 1.54) is 36.9 Å². The molecule has 1 saturated carbocycles. The molecule has 1 aliphatic heterocycles. The molecular formula is C26H31FN4O5S. The van der Waals surface area contributed by atoms with E-state index in [9.17, 15) is 9.18 Å². The molecular weight excluding hydrogens is 499 g/mol. The Morgan fingerprint density at radius 2 is 2.05 bits per heavy atom. The van der Waals surface area contributed by atoms with Crippen molar-refractivity contribution in [2.75, 3.05) is 12.4 Å². The van der Waals surface area contributed by atoms with Crippen LogP contribution in [0.2, 0.25) is 0 Å². The molecule has 0 amide bonds. The van der Waals surface area contributed by atoms with Gasteiger partial charge in [0.15, 0.2) is 12.5 Å². The number of aromatic nitrogens is 2. The summed E-state index contributed by atoms with van der Waals surface area (Å²) in [6, 6.07) is 4.40. The van der Waals surface area contributed by atoms with Gasteiger partial charge in [0.1, 0.15) is 39.5 Å². The summed E-state index contributed by atoms with van der Waals surface area (Å²) in [5.41, 5.74) is 0.990. The van der Waals surface area contributed by atoms with Gasteiger partial charge in [-0.3, -0.25) is 5.32 Å². The van der Waals surface area contributed by atoms with Crippen molar-refractivity contribution in [1.82, 2.24) is 15.3 Å². The van der Waals surface area contributed by atoms with Gasteiger partial charge in [-0.05, 0) is 64.7 Å². The van der Waals surface area contributed by atoms with Crippen molar-refractivity contribution < 1.29 is 28.1 Å². The van der Waals surface area contributed by atoms with Crippen molar-refractivity contribution in [3.63, 3.8) is 0 Å². The highest BCUT2D eigenvalue weighted by Gasteiger charge is 2.46. The van der Waals surface area contributed by atoms with Gasteiger partial charge in [0, 0.05) is 12.1 Å². The molecule has 1 aromatic carbocycles. The number of anilines is 2. The van der Waals surface area contributed by atoms with Crippen LogP contribution in [0.4, 0.5) is 15.9 Å². The van der Waals surface area contributed by atoms with Gasteiger partial charge in [-0.25, -0.2) is 19.2 Å². The number of rotatable bonds is 8. The first-order valence-corrected chi connectivity index (χ1v) is 13.1. The third kappa shape index (κ3) is 5.69. The standard InChI is InChI=1S/C26H31FN4O5S/c1-13-19-21(28-12-29-23(19)37-20(13)24(32)33-5)30-16-10-9-14(27)11-18(16)34-17-8-6-7-15(17)31-22-25(35-22)36-26(2,3)4/h9-12,15,17,22,25,31H,6-8H2,1-5H3,(H,28,29,30)/t15-,17-,22?,25?/m0/s1. The SMILES string of the molecule is COC(=O)c1sc2ncnc(Nc3ccc(F)cc3O[C@H]3CCC[C@@H]3NC3OC3OC(C)(C)C)c2c1C. The van der Waals surface area contributed by atoms with E-state index in [1.807, 2.05) is 27.7 Å². The summed E-state index contributed by atoms with van der Waals surface area (Å²) < 4.78 is 37.1. The van der Waals surface area contributed by atoms with E-state index in [4.69, 9.17) is 18.9 Å². The van der Waals surface area contributed by atoms with Crippen LogP contribution in [0.3, 0.4) is 0 Å². The summed E-state index contributed by atoms with van der Waals surface area (Å²) in [6.07, 6.45) is 3.52. The molecule has 2 unspecified atom stereocenters. The van der Waals surface area contributed by atoms with Crippen molar-refractivity contribution in [3.8, 4) is 5.75 Å². The maximum atomic E-state index is 14.3. The molecule has 2 N–H and O–H groups in total. The van der Waals surface area contributed by atoms with Crippen molar-refractivity contribution in [2.45, 2.75) is 77.2 Å². The van der Waals surface area contributed by atoms with E-state index in [0.29, 0.717) is 32.3 Å². The van der Waals surface area contributed by atoms with Gasteiger partial charge in [-0.15, -0.1) is 11.3 Å². The monoisotopic (exact) mass is 530 g/mol. The minimum Gasteiger partial charge on any atom is -0.487 e. The van der Waals surface area contributed by atoms with Gasteiger partial charge in [0.25, 0.3) is 0 Å². The number of esters is 1. The van der Waals surface area contributed by atoms with E-state index in [0.717, 1.165) is 24.8 Å². The van der Waals surface area contributed by atoms with Crippen LogP contribution in [0.25, 0.3) is 10.2 Å². The van der Waals surface area contributed by atoms with Crippen molar-refractivity contribution in [1.29, 1.82) is 0 Å². The Labute approximate surface area is 218 Å². The van der Waals surface area contributed by atoms with E-state index in [2.05, 4.69) is 20.6 Å². The zero-order valence-electron chi connectivity index (χ0n) is 21.5. The van der Waals surface area contributed by atoms with Gasteiger partial charge < -0.3 is 24.3 Å². The van der Waals surface area contributed by atoms with Crippen LogP contribution in [0.5, 0.6) is 5.75 Å². The van der Waals surface area contributed by atoms with Crippen molar-refractivity contribution >= 4 is 39.0 Å². The second-order valence-corrected chi connectivity index (χ2v) is 11.2. The molecule has 0 spiro atoms. The van der Waals surface area contributed by atoms with Crippen LogP contribution in [0.15, 0.2) is 24.5 Å². The molecule has 2 aliphatic rings. The summed E-state index contributed by atoms with van der Waals surface area (Å²) in [5.74, 6) is 0.0531. The molecule has 3 heterocycles. The minimum absolute atomic E-state index is 0.0437. The molecule has 2 aromatic heterocycles. The number of ether oxygens (including phenoxy) is 4. The minimum atomic E-state index is -0.424. The summed E-state index contributed by atoms with van der Waals surface area (Å²) in [5, 5.41) is 7.46. The summed E-state index contributed by atoms with van der Waals surface area (Å²) >= 11 is 1.24. The van der Waals surface area contributed by atoms with Crippen LogP contribution in [0, 0.1) is 12.7 Å². The molecule has 4 atom stereocenters. The topological polar surface area (TPSA) is 107 Å². The molecule has 0 bridgehead atoms. The number of halogens is 1. The Morgan fingerprint density at radius 1 is 1.24 bits per heavy atom. The first-order valence-electron chi connectivity index (χ1n) is 12.3. The molecule has 1 saturated heterocycles. The molecule has 11 heteroatoms. The summed E-state index contributed by atoms with van der Waals surface area (Å²) in [6.45, 7) is 7.80. The summed E-state index contributed by atoms with van der Waals surface area (Å²) in [7, 11) is 1.34. The number of nitrogens with one attached hydrogen (secondary N) is 2. The van der Waals surface area contributed by atoms with Crippen LogP contribution in [0.1, 0.15) is 55.3 Å². The molecule has 2 fully saturated rings. The van der Waals surface area contributed by atoms with Crippen molar-refractivity contribution in [2.24, 2.45) is 0 Å². The average Bonchev–Trinajstić information content (AvgIpc) is 3.22. The molecule has 9 nitrogen and oxygen atoms in total. The zero-order chi connectivity index (χ0) is 26.3. The van der Waals surface area contributed by atoms with Crippen LogP contribution < -0.4 is 15.4 Å². The number of thiophene rings is 1. The normalized spacial score (nSPS) is 23.3. The number of aryl methyl sites for hydroxylation is 1. The summed E-state index contributed by atoms with van der Waals surface area (Å²) in [4.78, 5) is 22.0. The average molecular weight is 531 g/mol. The van der Waals surface area contributed by atoms with Gasteiger partial charge >= 0.3 is 5.97 Å². The third-order valence-electron chi connectivity index (χ3n) is 6.32. The highest BCUT2D eigenvalue weighted by atomic mass is 32.1. The van der Waals surface area contributed by atoms with E-state index >= 15 is 0 Å². The number of hydrogen-bond acceptors (Lipinski definition) is 10. The molecule has 1 aliphatic carbocycles. The fourth-order valence-electron chi connectivity index (χ4n) is 4.57. The smallest absolute Gasteiger partial charge is 0.348 e. The molecule has 37 heavy (non-hydrogen) atoms. The van der Waals surface area contributed by atoms with Gasteiger partial charge in [0.05, 0.1) is 23.8 Å². The largest absolute Gasteiger partial charge is 0.487 e. The van der Waals surface area contributed by atoms with Gasteiger partial charge in [-0.2, -0.15) is 0 Å². The fraction of sp³-hybridized carbons (Fsp3) is 0.500. The van der Waals surface area contributed by atoms with Crippen LogP contribution in [-0.4, -0.2) is 53.3 Å². The number of methoxy groups -OCH3 is 1. The third-order valence-corrected chi connectivity index (χ3v) is 7.50. The Bertz CT molecular complexity index is 1310. The van der Waals surface area contributed by atoms with Crippen LogP contribution >= 0.6 is 11.3 Å². The van der Waals surface area contributed by atoms with Crippen molar-refractivity contribution in [3.05, 3.63) is 40.8 Å². The Morgan fingerprint density at radius 3 is 2.81 bits per heavy atom. The predicted molar refractivity (Wildman–Crippen MR) is 138 cm³/mol. The molecule has 0 radical (unpaired) electrons. The predicted octanol–water partition coefficient (Wildman–Crippen LogP) is 5.06. The van der Waals surface area contributed by atoms with E-state index in [1.54, 1.807) is 6.07 Å². The quantitative estimate of drug-likeness (QED) is 0.305. The van der Waals surface area contributed by atoms with E-state index < -0.39 is 11.8 Å². The lowest BCUT2D eigenvalue weighted by Gasteiger charge is -2.24. The number of fused-ring (bicyclic) bond motifs is 1. The Hall–Kier alpha value is -2.86. The number of carbonyl (C=O) groups excluding carboxylic acids is 1. The highest BCUT2D eigenvalue weighted by molar-refractivity contribution is 7.20. The number of hydrogen-bond donors (Lipinski definition) is 2. The Kier molecular flexibility index (Phi) is 7.06. The maximum Gasteiger partial charge on any atom is 0.348 e. The lowest BCUT2D eigenvalue weighted by atomic mass is 10.2. The number of benzene rings is 1. The second kappa shape index (κ2) is 10.1. The molecule has 198 valence electrons. The lowest BCUT2D eigenvalue weighted by molar-refractivity contribution is -0.0571. The first kappa shape index (κ1) is 25.8. The number of nitrogens with zero attached hydrogens (tertiary/aromatic N) is 2. The highest BCUT2D eigenvalue weighted by Crippen LogP contribution is 2.38. The number of carbonyl (C=O) groups is 1. The fourth-order valence-corrected chi connectivity index (χ4v) is 5.63. The van der Waals surface area contributed by atoms with Gasteiger partial charge in [-0.1, -0.05) is 0 Å². The maximum absolute atomic E-state index is 14.3. The molecule has 5 rings (SSSR count). The Balaban J connectivity index is 1.35. The van der Waals surface area contributed by atoms with E-state index in [-0.39, 0.29) is 30.3 Å². The lowest BCUT2D eigenvalue weighted by Crippen LogP contribution is -2.42. The van der Waals surface area contributed by atoms with Gasteiger partial charge in [0.2, 0.25) is 0 Å². The molecule has 3 aromatic rings. The second-order valence-electron chi connectivity index (χ2n) is 10.2.